The molecule has 188 valence electrons. The number of carbonyl (C=O) groups is 1. The predicted molar refractivity (Wildman–Crippen MR) is 128 cm³/mol. The van der Waals surface area contributed by atoms with E-state index in [1.54, 1.807) is 25.3 Å². The van der Waals surface area contributed by atoms with E-state index in [9.17, 15) is 22.4 Å². The van der Waals surface area contributed by atoms with E-state index in [2.05, 4.69) is 15.5 Å². The summed E-state index contributed by atoms with van der Waals surface area (Å²) in [5, 5.41) is 5.65. The van der Waals surface area contributed by atoms with Gasteiger partial charge in [-0.05, 0) is 54.4 Å². The molecule has 1 N–H and O–H groups in total. The van der Waals surface area contributed by atoms with Gasteiger partial charge in [-0.15, -0.1) is 0 Å². The third kappa shape index (κ3) is 4.87. The molecule has 0 radical (unpaired) electrons. The maximum atomic E-state index is 14.2. The molecule has 2 aromatic carbocycles. The van der Waals surface area contributed by atoms with Crippen molar-refractivity contribution in [3.8, 4) is 0 Å². The van der Waals surface area contributed by atoms with E-state index in [-0.39, 0.29) is 12.3 Å². The summed E-state index contributed by atoms with van der Waals surface area (Å²) >= 11 is 17.5. The fourth-order valence-electron chi connectivity index (χ4n) is 3.75. The summed E-state index contributed by atoms with van der Waals surface area (Å²) in [5.74, 6) is -1.45. The summed E-state index contributed by atoms with van der Waals surface area (Å²) in [5.41, 5.74) is -1.78. The number of benzene rings is 2. The van der Waals surface area contributed by atoms with E-state index in [0.717, 1.165) is 12.1 Å². The van der Waals surface area contributed by atoms with Crippen molar-refractivity contribution in [2.75, 3.05) is 0 Å². The summed E-state index contributed by atoms with van der Waals surface area (Å²) in [4.78, 5) is 21.7. The Kier molecular flexibility index (Phi) is 7.19. The van der Waals surface area contributed by atoms with Crippen LogP contribution in [0.4, 0.5) is 17.6 Å². The highest BCUT2D eigenvalue weighted by Crippen LogP contribution is 2.50. The molecule has 0 fully saturated rings. The predicted octanol–water partition coefficient (Wildman–Crippen LogP) is 7.00. The summed E-state index contributed by atoms with van der Waals surface area (Å²) in [6.45, 7) is 1.73. The molecule has 1 amide bonds. The van der Waals surface area contributed by atoms with Gasteiger partial charge in [-0.2, -0.15) is 13.2 Å². The van der Waals surface area contributed by atoms with Gasteiger partial charge in [0.25, 0.3) is 11.5 Å². The zero-order chi connectivity index (χ0) is 26.3. The first-order valence-electron chi connectivity index (χ1n) is 10.4. The van der Waals surface area contributed by atoms with Gasteiger partial charge in [0.15, 0.2) is 5.82 Å². The Morgan fingerprint density at radius 1 is 1.11 bits per heavy atom. The average Bonchev–Trinajstić information content (AvgIpc) is 3.28. The molecular formula is C24H16Cl3F4N3O2. The van der Waals surface area contributed by atoms with E-state index in [0.29, 0.717) is 27.4 Å². The largest absolute Gasteiger partial charge is 0.435 e. The second kappa shape index (κ2) is 9.88. The van der Waals surface area contributed by atoms with E-state index in [4.69, 9.17) is 39.6 Å². The summed E-state index contributed by atoms with van der Waals surface area (Å²) in [6.07, 6.45) is -4.09. The Morgan fingerprint density at radius 2 is 1.81 bits per heavy atom. The molecule has 12 heteroatoms. The maximum absolute atomic E-state index is 14.2. The zero-order valence-corrected chi connectivity index (χ0v) is 20.7. The van der Waals surface area contributed by atoms with E-state index in [1.165, 1.54) is 18.2 Å². The third-order valence-electron chi connectivity index (χ3n) is 5.69. The molecule has 0 bridgehead atoms. The highest BCUT2D eigenvalue weighted by Gasteiger charge is 2.62. The van der Waals surface area contributed by atoms with Crippen LogP contribution in [0.3, 0.4) is 0 Å². The molecular weight excluding hydrogens is 545 g/mol. The molecule has 3 aromatic rings. The monoisotopic (exact) mass is 559 g/mol. The van der Waals surface area contributed by atoms with Gasteiger partial charge in [-0.3, -0.25) is 9.78 Å². The van der Waals surface area contributed by atoms with Crippen LogP contribution in [0, 0.1) is 12.7 Å². The number of hydrogen-bond acceptors (Lipinski definition) is 4. The van der Waals surface area contributed by atoms with Crippen molar-refractivity contribution in [1.82, 2.24) is 10.3 Å². The Morgan fingerprint density at radius 3 is 2.42 bits per heavy atom. The Labute approximate surface area is 218 Å². The summed E-state index contributed by atoms with van der Waals surface area (Å²) < 4.78 is 56.5. The molecule has 36 heavy (non-hydrogen) atoms. The first-order chi connectivity index (χ1) is 16.9. The fourth-order valence-corrected chi connectivity index (χ4v) is 4.43. The number of halogens is 7. The molecule has 1 atom stereocenters. The lowest BCUT2D eigenvalue weighted by molar-refractivity contribution is -0.275. The number of alkyl halides is 3. The lowest BCUT2D eigenvalue weighted by Gasteiger charge is -2.29. The number of nitrogens with one attached hydrogen (secondary N) is 1. The number of oxime groups is 1. The minimum atomic E-state index is -4.93. The number of amides is 1. The van der Waals surface area contributed by atoms with Gasteiger partial charge in [-0.1, -0.05) is 46.0 Å². The first kappa shape index (κ1) is 26.2. The third-order valence-corrected chi connectivity index (χ3v) is 6.59. The van der Waals surface area contributed by atoms with Crippen molar-refractivity contribution < 1.29 is 27.2 Å². The number of pyridine rings is 1. The number of aromatic nitrogens is 1. The van der Waals surface area contributed by atoms with Crippen LogP contribution in [0.2, 0.25) is 15.1 Å². The molecule has 1 unspecified atom stereocenters. The average molecular weight is 561 g/mol. The van der Waals surface area contributed by atoms with Crippen LogP contribution in [0.1, 0.15) is 39.2 Å². The van der Waals surface area contributed by atoms with Crippen molar-refractivity contribution in [3.63, 3.8) is 0 Å². The topological polar surface area (TPSA) is 63.6 Å². The van der Waals surface area contributed by atoms with Crippen LogP contribution in [0.15, 0.2) is 53.8 Å². The van der Waals surface area contributed by atoms with Crippen LogP contribution < -0.4 is 5.32 Å². The van der Waals surface area contributed by atoms with Gasteiger partial charge in [-0.25, -0.2) is 4.39 Å². The van der Waals surface area contributed by atoms with Crippen LogP contribution in [0.25, 0.3) is 0 Å². The van der Waals surface area contributed by atoms with Gasteiger partial charge >= 0.3 is 6.18 Å². The maximum Gasteiger partial charge on any atom is 0.435 e. The van der Waals surface area contributed by atoms with E-state index < -0.39 is 45.5 Å². The minimum absolute atomic E-state index is 0.0146. The molecule has 1 aliphatic rings. The molecule has 1 aromatic heterocycles. The van der Waals surface area contributed by atoms with E-state index in [1.807, 2.05) is 0 Å². The SMILES string of the molecule is Cc1cc(C2=NOC(c3cc(Cl)c(F)c(Cl)c3)(C(F)(F)F)C2)ccc1C(=O)NCc1ncccc1Cl. The zero-order valence-electron chi connectivity index (χ0n) is 18.4. The van der Waals surface area contributed by atoms with Crippen molar-refractivity contribution in [2.45, 2.75) is 31.7 Å². The first-order valence-corrected chi connectivity index (χ1v) is 11.5. The number of rotatable bonds is 5. The highest BCUT2D eigenvalue weighted by atomic mass is 35.5. The number of carbonyl (C=O) groups excluding carboxylic acids is 1. The molecule has 4 rings (SSSR count). The molecule has 2 heterocycles. The Bertz CT molecular complexity index is 1360. The highest BCUT2D eigenvalue weighted by molar-refractivity contribution is 6.35. The van der Waals surface area contributed by atoms with Crippen molar-refractivity contribution in [2.24, 2.45) is 5.16 Å². The molecule has 0 aliphatic carbocycles. The normalized spacial score (nSPS) is 17.5. The Balaban J connectivity index is 1.57. The van der Waals surface area contributed by atoms with Crippen molar-refractivity contribution in [3.05, 3.63) is 97.5 Å². The molecule has 0 saturated heterocycles. The molecule has 0 saturated carbocycles. The molecule has 0 spiro atoms. The molecule has 1 aliphatic heterocycles. The molecule has 5 nitrogen and oxygen atoms in total. The lowest BCUT2D eigenvalue weighted by atomic mass is 9.86. The summed E-state index contributed by atoms with van der Waals surface area (Å²) in [7, 11) is 0. The summed E-state index contributed by atoms with van der Waals surface area (Å²) in [6, 6.07) is 9.43. The van der Waals surface area contributed by atoms with E-state index >= 15 is 0 Å². The lowest BCUT2D eigenvalue weighted by Crippen LogP contribution is -2.42. The van der Waals surface area contributed by atoms with Crippen LogP contribution in [-0.2, 0) is 17.0 Å². The standard InChI is InChI=1S/C24H16Cl3F4N3O2/c1-12-7-13(4-5-15(12)22(35)33-11-20-16(25)3-2-6-32-20)19-10-23(36-34-19,24(29,30)31)14-8-17(26)21(28)18(27)9-14/h2-9H,10-11H2,1H3,(H,33,35). The number of nitrogens with zero attached hydrogens (tertiary/aromatic N) is 2. The van der Waals surface area contributed by atoms with Crippen molar-refractivity contribution >= 4 is 46.4 Å². The van der Waals surface area contributed by atoms with Crippen LogP contribution >= 0.6 is 34.8 Å². The van der Waals surface area contributed by atoms with Gasteiger partial charge in [0.1, 0.15) is 0 Å². The van der Waals surface area contributed by atoms with Gasteiger partial charge in [0.05, 0.1) is 33.0 Å². The van der Waals surface area contributed by atoms with Crippen molar-refractivity contribution in [1.29, 1.82) is 0 Å². The Hall–Kier alpha value is -2.88. The smallest absolute Gasteiger partial charge is 0.374 e. The second-order valence-electron chi connectivity index (χ2n) is 8.03. The van der Waals surface area contributed by atoms with Gasteiger partial charge in [0.2, 0.25) is 0 Å². The number of hydrogen-bond donors (Lipinski definition) is 1. The quantitative estimate of drug-likeness (QED) is 0.270. The van der Waals surface area contributed by atoms with Crippen LogP contribution in [-0.4, -0.2) is 22.8 Å². The number of aryl methyl sites for hydroxylation is 1. The van der Waals surface area contributed by atoms with Gasteiger partial charge < -0.3 is 10.2 Å². The van der Waals surface area contributed by atoms with Gasteiger partial charge in [0, 0.05) is 23.7 Å². The fraction of sp³-hybridized carbons (Fsp3) is 0.208. The second-order valence-corrected chi connectivity index (χ2v) is 9.25. The minimum Gasteiger partial charge on any atom is -0.374 e. The van der Waals surface area contributed by atoms with Crippen LogP contribution in [0.5, 0.6) is 0 Å².